The van der Waals surface area contributed by atoms with Crippen LogP contribution >= 0.6 is 34.5 Å². The average molecular weight is 408 g/mol. The predicted octanol–water partition coefficient (Wildman–Crippen LogP) is 3.33. The fourth-order valence-corrected chi connectivity index (χ4v) is 5.17. The van der Waals surface area contributed by atoms with Gasteiger partial charge in [-0.1, -0.05) is 23.2 Å². The molecule has 1 aliphatic heterocycles. The Kier molecular flexibility index (Phi) is 4.91. The molecule has 0 saturated carbocycles. The molecule has 1 amide bonds. The molecule has 6 nitrogen and oxygen atoms in total. The van der Waals surface area contributed by atoms with E-state index in [1.54, 1.807) is 6.07 Å². The number of ether oxygens (including phenoxy) is 2. The maximum absolute atomic E-state index is 12.3. The van der Waals surface area contributed by atoms with Gasteiger partial charge in [0.1, 0.15) is 9.23 Å². The van der Waals surface area contributed by atoms with Crippen LogP contribution in [0.4, 0.5) is 0 Å². The van der Waals surface area contributed by atoms with E-state index in [9.17, 15) is 13.2 Å². The van der Waals surface area contributed by atoms with Crippen molar-refractivity contribution < 1.29 is 22.7 Å². The van der Waals surface area contributed by atoms with Crippen LogP contribution in [0.15, 0.2) is 29.2 Å². The molecule has 0 spiro atoms. The van der Waals surface area contributed by atoms with Crippen molar-refractivity contribution in [2.75, 3.05) is 13.2 Å². The van der Waals surface area contributed by atoms with Gasteiger partial charge in [0.25, 0.3) is 15.9 Å². The number of carbonyl (C=O) groups is 1. The van der Waals surface area contributed by atoms with Crippen LogP contribution in [0.5, 0.6) is 11.5 Å². The van der Waals surface area contributed by atoms with Crippen molar-refractivity contribution in [3.05, 3.63) is 38.5 Å². The number of benzene rings is 1. The first-order valence-corrected chi connectivity index (χ1v) is 9.84. The van der Waals surface area contributed by atoms with Crippen molar-refractivity contribution in [2.45, 2.75) is 11.3 Å². The minimum Gasteiger partial charge on any atom is -0.490 e. The lowest BCUT2D eigenvalue weighted by molar-refractivity contribution is 0.0981. The van der Waals surface area contributed by atoms with Crippen molar-refractivity contribution in [3.8, 4) is 11.5 Å². The Morgan fingerprint density at radius 2 is 1.83 bits per heavy atom. The fourth-order valence-electron chi connectivity index (χ4n) is 2.05. The highest BCUT2D eigenvalue weighted by atomic mass is 35.5. The smallest absolute Gasteiger partial charge is 0.266 e. The van der Waals surface area contributed by atoms with Gasteiger partial charge in [-0.15, -0.1) is 11.3 Å². The van der Waals surface area contributed by atoms with Crippen molar-refractivity contribution in [3.63, 3.8) is 0 Å². The van der Waals surface area contributed by atoms with Crippen LogP contribution in [-0.4, -0.2) is 27.5 Å². The summed E-state index contributed by atoms with van der Waals surface area (Å²) in [6.45, 7) is 0.976. The summed E-state index contributed by atoms with van der Waals surface area (Å²) in [6, 6.07) is 5.66. The highest BCUT2D eigenvalue weighted by Gasteiger charge is 2.24. The van der Waals surface area contributed by atoms with Gasteiger partial charge in [0.15, 0.2) is 11.5 Å². The predicted molar refractivity (Wildman–Crippen MR) is 91.0 cm³/mol. The van der Waals surface area contributed by atoms with Gasteiger partial charge < -0.3 is 9.47 Å². The lowest BCUT2D eigenvalue weighted by Crippen LogP contribution is -2.30. The van der Waals surface area contributed by atoms with Crippen molar-refractivity contribution in [1.82, 2.24) is 4.72 Å². The Morgan fingerprint density at radius 1 is 1.12 bits per heavy atom. The number of halogens is 2. The molecular formula is C14H11Cl2NO5S2. The van der Waals surface area contributed by atoms with Crippen LogP contribution in [0, 0.1) is 0 Å². The van der Waals surface area contributed by atoms with E-state index in [4.69, 9.17) is 32.7 Å². The summed E-state index contributed by atoms with van der Waals surface area (Å²) >= 11 is 12.5. The second-order valence-corrected chi connectivity index (χ2v) is 8.77. The molecule has 0 bridgehead atoms. The normalized spacial score (nSPS) is 14.1. The van der Waals surface area contributed by atoms with Gasteiger partial charge in [-0.05, 0) is 24.3 Å². The summed E-state index contributed by atoms with van der Waals surface area (Å²) in [5.41, 5.74) is 0.125. The fraction of sp³-hybridized carbons (Fsp3) is 0.214. The Hall–Kier alpha value is -1.48. The van der Waals surface area contributed by atoms with Gasteiger partial charge in [0, 0.05) is 12.0 Å². The molecule has 2 aromatic rings. The number of fused-ring (bicyclic) bond motifs is 1. The van der Waals surface area contributed by atoms with Crippen molar-refractivity contribution in [2.24, 2.45) is 0 Å². The van der Waals surface area contributed by atoms with Crippen LogP contribution in [0.3, 0.4) is 0 Å². The number of carbonyl (C=O) groups excluding carboxylic acids is 1. The van der Waals surface area contributed by atoms with Gasteiger partial charge >= 0.3 is 0 Å². The standard InChI is InChI=1S/C14H11Cl2NO5S2/c15-12-7-11(13(16)23-12)24(19,20)17-14(18)8-2-3-9-10(6-8)22-5-1-4-21-9/h2-3,6-7H,1,4-5H2,(H,17,18). The lowest BCUT2D eigenvalue weighted by atomic mass is 10.2. The SMILES string of the molecule is O=C(NS(=O)(=O)c1cc(Cl)sc1Cl)c1ccc2c(c1)OCCCO2. The third kappa shape index (κ3) is 3.61. The summed E-state index contributed by atoms with van der Waals surface area (Å²) in [5, 5.41) is 0. The molecule has 0 aliphatic carbocycles. The number of amides is 1. The highest BCUT2D eigenvalue weighted by Crippen LogP contribution is 2.34. The number of nitrogens with one attached hydrogen (secondary N) is 1. The monoisotopic (exact) mass is 407 g/mol. The molecule has 1 aliphatic rings. The number of thiophene rings is 1. The third-order valence-electron chi connectivity index (χ3n) is 3.15. The van der Waals surface area contributed by atoms with Gasteiger partial charge in [-0.2, -0.15) is 0 Å². The lowest BCUT2D eigenvalue weighted by Gasteiger charge is -2.10. The van der Waals surface area contributed by atoms with E-state index in [2.05, 4.69) is 0 Å². The molecule has 0 saturated heterocycles. The van der Waals surface area contributed by atoms with Gasteiger partial charge in [-0.25, -0.2) is 13.1 Å². The Labute approximate surface area is 152 Å². The number of hydrogen-bond donors (Lipinski definition) is 1. The molecule has 10 heteroatoms. The zero-order chi connectivity index (χ0) is 17.3. The number of hydrogen-bond acceptors (Lipinski definition) is 6. The molecule has 2 heterocycles. The van der Waals surface area contributed by atoms with Crippen molar-refractivity contribution >= 4 is 50.5 Å². The summed E-state index contributed by atoms with van der Waals surface area (Å²) < 4.78 is 37.7. The molecule has 1 aromatic carbocycles. The Bertz CT molecular complexity index is 895. The quantitative estimate of drug-likeness (QED) is 0.843. The molecular weight excluding hydrogens is 397 g/mol. The largest absolute Gasteiger partial charge is 0.490 e. The van der Waals surface area contributed by atoms with E-state index in [1.807, 2.05) is 4.72 Å². The third-order valence-corrected chi connectivity index (χ3v) is 6.24. The summed E-state index contributed by atoms with van der Waals surface area (Å²) in [7, 11) is -4.12. The molecule has 128 valence electrons. The molecule has 3 rings (SSSR count). The van der Waals surface area contributed by atoms with E-state index >= 15 is 0 Å². The van der Waals surface area contributed by atoms with E-state index in [0.717, 1.165) is 17.8 Å². The molecule has 1 N–H and O–H groups in total. The summed E-state index contributed by atoms with van der Waals surface area (Å²) in [5.74, 6) is 0.109. The zero-order valence-electron chi connectivity index (χ0n) is 12.0. The van der Waals surface area contributed by atoms with Gasteiger partial charge in [0.05, 0.1) is 17.6 Å². The molecule has 0 atom stereocenters. The summed E-state index contributed by atoms with van der Waals surface area (Å²) in [4.78, 5) is 12.0. The van der Waals surface area contributed by atoms with Crippen LogP contribution in [0.25, 0.3) is 0 Å². The van der Waals surface area contributed by atoms with E-state index < -0.39 is 15.9 Å². The molecule has 0 radical (unpaired) electrons. The molecule has 0 fully saturated rings. The summed E-state index contributed by atoms with van der Waals surface area (Å²) in [6.07, 6.45) is 0.724. The highest BCUT2D eigenvalue weighted by molar-refractivity contribution is 7.90. The first-order chi connectivity index (χ1) is 11.4. The first-order valence-electron chi connectivity index (χ1n) is 6.78. The number of rotatable bonds is 3. The maximum Gasteiger partial charge on any atom is 0.266 e. The molecule has 0 unspecified atom stereocenters. The minimum absolute atomic E-state index is 0.0149. The molecule has 24 heavy (non-hydrogen) atoms. The topological polar surface area (TPSA) is 81.7 Å². The second-order valence-electron chi connectivity index (χ2n) is 4.84. The van der Waals surface area contributed by atoms with Crippen LogP contribution in [0.1, 0.15) is 16.8 Å². The Balaban J connectivity index is 1.85. The van der Waals surface area contributed by atoms with E-state index in [0.29, 0.717) is 24.7 Å². The zero-order valence-corrected chi connectivity index (χ0v) is 15.2. The van der Waals surface area contributed by atoms with Crippen LogP contribution in [0.2, 0.25) is 8.67 Å². The van der Waals surface area contributed by atoms with Crippen LogP contribution < -0.4 is 14.2 Å². The number of sulfonamides is 1. The minimum atomic E-state index is -4.12. The van der Waals surface area contributed by atoms with Gasteiger partial charge in [-0.3, -0.25) is 4.79 Å². The molecule has 1 aromatic heterocycles. The van der Waals surface area contributed by atoms with Crippen molar-refractivity contribution in [1.29, 1.82) is 0 Å². The average Bonchev–Trinajstić information content (AvgIpc) is 2.73. The van der Waals surface area contributed by atoms with Crippen LogP contribution in [-0.2, 0) is 10.0 Å². The Morgan fingerprint density at radius 3 is 2.50 bits per heavy atom. The van der Waals surface area contributed by atoms with E-state index in [-0.39, 0.29) is 19.1 Å². The van der Waals surface area contributed by atoms with Gasteiger partial charge in [0.2, 0.25) is 0 Å². The first kappa shape index (κ1) is 17.3. The van der Waals surface area contributed by atoms with E-state index in [1.165, 1.54) is 18.2 Å². The second kappa shape index (κ2) is 6.79. The maximum atomic E-state index is 12.3.